The minimum Gasteiger partial charge on any atom is -0.383 e. The summed E-state index contributed by atoms with van der Waals surface area (Å²) in [4.78, 5) is 14.0. The summed E-state index contributed by atoms with van der Waals surface area (Å²) in [5, 5.41) is 0. The molecule has 1 aromatic carbocycles. The van der Waals surface area contributed by atoms with Crippen LogP contribution in [-0.2, 0) is 4.74 Å². The van der Waals surface area contributed by atoms with E-state index in [9.17, 15) is 4.79 Å². The molecule has 0 aromatic heterocycles. The van der Waals surface area contributed by atoms with Gasteiger partial charge in [0, 0.05) is 24.2 Å². The van der Waals surface area contributed by atoms with E-state index in [-0.39, 0.29) is 11.9 Å². The van der Waals surface area contributed by atoms with Crippen LogP contribution in [-0.4, -0.2) is 37.6 Å². The molecule has 0 aliphatic carbocycles. The summed E-state index contributed by atoms with van der Waals surface area (Å²) in [5.41, 5.74) is 1.71. The molecule has 0 spiro atoms. The molecule has 0 radical (unpaired) electrons. The molecule has 0 N–H and O–H groups in total. The number of likely N-dealkylation sites (N-methyl/N-ethyl adjacent to an activating group) is 1. The monoisotopic (exact) mass is 299 g/mol. The molecule has 1 amide bonds. The molecule has 1 unspecified atom stereocenters. The molecular weight excluding hydrogens is 282 g/mol. The molecule has 0 saturated carbocycles. The Bertz CT molecular complexity index is 406. The minimum absolute atomic E-state index is 0.0216. The van der Waals surface area contributed by atoms with Crippen LogP contribution >= 0.6 is 15.9 Å². The number of amides is 1. The van der Waals surface area contributed by atoms with Crippen LogP contribution in [0.3, 0.4) is 0 Å². The Balaban J connectivity index is 2.92. The number of halogens is 1. The lowest BCUT2D eigenvalue weighted by atomic mass is 10.1. The average molecular weight is 300 g/mol. The average Bonchev–Trinajstić information content (AvgIpc) is 2.30. The Morgan fingerprint density at radius 2 is 2.18 bits per heavy atom. The van der Waals surface area contributed by atoms with Gasteiger partial charge in [-0.15, -0.1) is 0 Å². The maximum absolute atomic E-state index is 12.3. The second kappa shape index (κ2) is 6.17. The molecule has 0 bridgehead atoms. The van der Waals surface area contributed by atoms with Crippen LogP contribution in [0.15, 0.2) is 22.7 Å². The van der Waals surface area contributed by atoms with Gasteiger partial charge in [-0.05, 0) is 31.5 Å². The lowest BCUT2D eigenvalue weighted by Crippen LogP contribution is -2.38. The van der Waals surface area contributed by atoms with Crippen LogP contribution in [0.25, 0.3) is 0 Å². The van der Waals surface area contributed by atoms with Crippen molar-refractivity contribution in [2.24, 2.45) is 0 Å². The zero-order chi connectivity index (χ0) is 13.0. The van der Waals surface area contributed by atoms with Gasteiger partial charge in [0.2, 0.25) is 0 Å². The Kier molecular flexibility index (Phi) is 5.15. The molecule has 17 heavy (non-hydrogen) atoms. The van der Waals surface area contributed by atoms with Gasteiger partial charge in [0.15, 0.2) is 0 Å². The van der Waals surface area contributed by atoms with E-state index in [1.807, 2.05) is 32.0 Å². The standard InChI is InChI=1S/C13H18BrNO2/c1-9-5-6-11(14)7-12(9)13(16)15(3)10(2)8-17-4/h5-7,10H,8H2,1-4H3. The van der Waals surface area contributed by atoms with E-state index in [0.29, 0.717) is 6.61 Å². The number of aryl methyl sites for hydroxylation is 1. The number of ether oxygens (including phenoxy) is 1. The topological polar surface area (TPSA) is 29.5 Å². The molecule has 0 aliphatic rings. The summed E-state index contributed by atoms with van der Waals surface area (Å²) in [5.74, 6) is 0.0216. The van der Waals surface area contributed by atoms with Crippen molar-refractivity contribution >= 4 is 21.8 Å². The van der Waals surface area contributed by atoms with Crippen molar-refractivity contribution < 1.29 is 9.53 Å². The first-order valence-electron chi connectivity index (χ1n) is 5.49. The summed E-state index contributed by atoms with van der Waals surface area (Å²) in [6.07, 6.45) is 0. The SMILES string of the molecule is COCC(C)N(C)C(=O)c1cc(Br)ccc1C. The minimum atomic E-state index is 0.0216. The number of hydrogen-bond donors (Lipinski definition) is 0. The van der Waals surface area contributed by atoms with Gasteiger partial charge < -0.3 is 9.64 Å². The lowest BCUT2D eigenvalue weighted by Gasteiger charge is -2.25. The van der Waals surface area contributed by atoms with E-state index in [4.69, 9.17) is 4.74 Å². The highest BCUT2D eigenvalue weighted by atomic mass is 79.9. The highest BCUT2D eigenvalue weighted by Crippen LogP contribution is 2.18. The predicted molar refractivity (Wildman–Crippen MR) is 72.3 cm³/mol. The normalized spacial score (nSPS) is 12.3. The molecule has 0 saturated heterocycles. The summed E-state index contributed by atoms with van der Waals surface area (Å²) in [6, 6.07) is 5.79. The highest BCUT2D eigenvalue weighted by Gasteiger charge is 2.19. The summed E-state index contributed by atoms with van der Waals surface area (Å²) in [6.45, 7) is 4.44. The van der Waals surface area contributed by atoms with Crippen LogP contribution in [0.4, 0.5) is 0 Å². The highest BCUT2D eigenvalue weighted by molar-refractivity contribution is 9.10. The third-order valence-electron chi connectivity index (χ3n) is 2.82. The Morgan fingerprint density at radius 1 is 1.53 bits per heavy atom. The van der Waals surface area contributed by atoms with E-state index in [1.54, 1.807) is 19.1 Å². The fraction of sp³-hybridized carbons (Fsp3) is 0.462. The smallest absolute Gasteiger partial charge is 0.254 e. The van der Waals surface area contributed by atoms with Gasteiger partial charge in [-0.1, -0.05) is 22.0 Å². The molecule has 1 aromatic rings. The van der Waals surface area contributed by atoms with Crippen molar-refractivity contribution in [3.63, 3.8) is 0 Å². The van der Waals surface area contributed by atoms with E-state index in [2.05, 4.69) is 15.9 Å². The number of rotatable bonds is 4. The van der Waals surface area contributed by atoms with Crippen molar-refractivity contribution in [3.8, 4) is 0 Å². The van der Waals surface area contributed by atoms with Gasteiger partial charge >= 0.3 is 0 Å². The number of benzene rings is 1. The second-order valence-corrected chi connectivity index (χ2v) is 5.10. The Morgan fingerprint density at radius 3 is 2.76 bits per heavy atom. The predicted octanol–water partition coefficient (Wildman–Crippen LogP) is 2.86. The largest absolute Gasteiger partial charge is 0.383 e. The molecule has 4 heteroatoms. The Hall–Kier alpha value is -0.870. The quantitative estimate of drug-likeness (QED) is 0.855. The van der Waals surface area contributed by atoms with Gasteiger partial charge in [-0.2, -0.15) is 0 Å². The van der Waals surface area contributed by atoms with Crippen molar-refractivity contribution in [2.75, 3.05) is 20.8 Å². The molecule has 0 aliphatic heterocycles. The molecule has 0 heterocycles. The van der Waals surface area contributed by atoms with Gasteiger partial charge in [0.05, 0.1) is 12.6 Å². The third-order valence-corrected chi connectivity index (χ3v) is 3.31. The van der Waals surface area contributed by atoms with Crippen molar-refractivity contribution in [3.05, 3.63) is 33.8 Å². The van der Waals surface area contributed by atoms with E-state index >= 15 is 0 Å². The number of hydrogen-bond acceptors (Lipinski definition) is 2. The first-order chi connectivity index (χ1) is 7.97. The number of methoxy groups -OCH3 is 1. The second-order valence-electron chi connectivity index (χ2n) is 4.18. The van der Waals surface area contributed by atoms with Crippen LogP contribution < -0.4 is 0 Å². The van der Waals surface area contributed by atoms with E-state index < -0.39 is 0 Å². The summed E-state index contributed by atoms with van der Waals surface area (Å²) in [7, 11) is 3.44. The van der Waals surface area contributed by atoms with E-state index in [0.717, 1.165) is 15.6 Å². The maximum atomic E-state index is 12.3. The van der Waals surface area contributed by atoms with Crippen molar-refractivity contribution in [1.29, 1.82) is 0 Å². The number of nitrogens with zero attached hydrogens (tertiary/aromatic N) is 1. The first-order valence-corrected chi connectivity index (χ1v) is 6.29. The number of carbonyl (C=O) groups excluding carboxylic acids is 1. The lowest BCUT2D eigenvalue weighted by molar-refractivity contribution is 0.0633. The molecule has 0 fully saturated rings. The van der Waals surface area contributed by atoms with E-state index in [1.165, 1.54) is 0 Å². The zero-order valence-electron chi connectivity index (χ0n) is 10.7. The fourth-order valence-electron chi connectivity index (χ4n) is 1.57. The van der Waals surface area contributed by atoms with Crippen LogP contribution in [0.1, 0.15) is 22.8 Å². The van der Waals surface area contributed by atoms with Crippen molar-refractivity contribution in [2.45, 2.75) is 19.9 Å². The van der Waals surface area contributed by atoms with Gasteiger partial charge in [-0.3, -0.25) is 4.79 Å². The zero-order valence-corrected chi connectivity index (χ0v) is 12.2. The first kappa shape index (κ1) is 14.2. The maximum Gasteiger partial charge on any atom is 0.254 e. The van der Waals surface area contributed by atoms with Gasteiger partial charge in [0.1, 0.15) is 0 Å². The molecule has 94 valence electrons. The fourth-order valence-corrected chi connectivity index (χ4v) is 1.93. The molecule has 1 atom stereocenters. The summed E-state index contributed by atoms with van der Waals surface area (Å²) < 4.78 is 5.98. The van der Waals surface area contributed by atoms with Crippen LogP contribution in [0.5, 0.6) is 0 Å². The van der Waals surface area contributed by atoms with Gasteiger partial charge in [0.25, 0.3) is 5.91 Å². The number of carbonyl (C=O) groups is 1. The van der Waals surface area contributed by atoms with Gasteiger partial charge in [-0.25, -0.2) is 0 Å². The summed E-state index contributed by atoms with van der Waals surface area (Å²) >= 11 is 3.39. The molecule has 3 nitrogen and oxygen atoms in total. The van der Waals surface area contributed by atoms with Crippen molar-refractivity contribution in [1.82, 2.24) is 4.90 Å². The van der Waals surface area contributed by atoms with Crippen LogP contribution in [0, 0.1) is 6.92 Å². The van der Waals surface area contributed by atoms with Crippen LogP contribution in [0.2, 0.25) is 0 Å². The molecule has 1 rings (SSSR count). The Labute approximate surface area is 111 Å². The third kappa shape index (κ3) is 3.54. The molecular formula is C13H18BrNO2.